The Morgan fingerprint density at radius 1 is 1.26 bits per heavy atom. The summed E-state index contributed by atoms with van der Waals surface area (Å²) in [6.07, 6.45) is 6.99. The zero-order valence-electron chi connectivity index (χ0n) is 12.0. The topological polar surface area (TPSA) is 41.3 Å². The number of rotatable bonds is 2. The molecule has 0 aliphatic carbocycles. The SMILES string of the molecule is CC(C)N1CCC(c2ncc3n2C(O)CCC3)CC1. The van der Waals surface area contributed by atoms with E-state index in [0.717, 1.165) is 38.2 Å². The van der Waals surface area contributed by atoms with E-state index < -0.39 is 0 Å². The first-order chi connectivity index (χ1) is 9.16. The molecule has 1 saturated heterocycles. The lowest BCUT2D eigenvalue weighted by atomic mass is 9.94. The van der Waals surface area contributed by atoms with Crippen LogP contribution in [0.4, 0.5) is 0 Å². The van der Waals surface area contributed by atoms with Crippen LogP contribution < -0.4 is 0 Å². The van der Waals surface area contributed by atoms with E-state index in [1.54, 1.807) is 0 Å². The third kappa shape index (κ3) is 2.43. The summed E-state index contributed by atoms with van der Waals surface area (Å²) in [5.41, 5.74) is 1.22. The molecule has 1 aromatic heterocycles. The smallest absolute Gasteiger partial charge is 0.132 e. The van der Waals surface area contributed by atoms with Crippen molar-refractivity contribution in [2.45, 2.75) is 64.1 Å². The molecule has 3 rings (SSSR count). The van der Waals surface area contributed by atoms with Gasteiger partial charge in [0.1, 0.15) is 12.1 Å². The summed E-state index contributed by atoms with van der Waals surface area (Å²) in [7, 11) is 0. The normalized spacial score (nSPS) is 25.8. The first-order valence-corrected chi connectivity index (χ1v) is 7.65. The van der Waals surface area contributed by atoms with Crippen LogP contribution in [0.5, 0.6) is 0 Å². The van der Waals surface area contributed by atoms with Crippen molar-refractivity contribution >= 4 is 0 Å². The van der Waals surface area contributed by atoms with E-state index >= 15 is 0 Å². The number of aliphatic hydroxyl groups is 1. The van der Waals surface area contributed by atoms with Crippen LogP contribution in [0.1, 0.15) is 63.2 Å². The predicted octanol–water partition coefficient (Wildman–Crippen LogP) is 2.30. The molecule has 1 aromatic rings. The number of aliphatic hydroxyl groups excluding tert-OH is 1. The summed E-state index contributed by atoms with van der Waals surface area (Å²) in [5.74, 6) is 1.65. The molecule has 0 aromatic carbocycles. The molecule has 0 saturated carbocycles. The number of imidazole rings is 1. The number of likely N-dealkylation sites (tertiary alicyclic amines) is 1. The Morgan fingerprint density at radius 3 is 2.68 bits per heavy atom. The van der Waals surface area contributed by atoms with E-state index in [4.69, 9.17) is 0 Å². The maximum absolute atomic E-state index is 10.2. The first kappa shape index (κ1) is 13.1. The third-order valence-corrected chi connectivity index (χ3v) is 4.72. The van der Waals surface area contributed by atoms with Crippen molar-refractivity contribution in [3.8, 4) is 0 Å². The van der Waals surface area contributed by atoms with Crippen LogP contribution in [-0.2, 0) is 6.42 Å². The number of nitrogens with zero attached hydrogens (tertiary/aromatic N) is 3. The van der Waals surface area contributed by atoms with Gasteiger partial charge in [0, 0.05) is 23.9 Å². The van der Waals surface area contributed by atoms with Crippen LogP contribution in [0.15, 0.2) is 6.20 Å². The summed E-state index contributed by atoms with van der Waals surface area (Å²) < 4.78 is 2.11. The van der Waals surface area contributed by atoms with Crippen molar-refractivity contribution in [2.24, 2.45) is 0 Å². The number of piperidine rings is 1. The summed E-state index contributed by atoms with van der Waals surface area (Å²) in [6, 6.07) is 0.640. The third-order valence-electron chi connectivity index (χ3n) is 4.72. The summed E-state index contributed by atoms with van der Waals surface area (Å²) >= 11 is 0. The van der Waals surface area contributed by atoms with E-state index in [-0.39, 0.29) is 6.23 Å². The fourth-order valence-electron chi connectivity index (χ4n) is 3.51. The van der Waals surface area contributed by atoms with E-state index in [1.165, 1.54) is 18.5 Å². The molecule has 0 bridgehead atoms. The van der Waals surface area contributed by atoms with Gasteiger partial charge in [-0.3, -0.25) is 0 Å². The second kappa shape index (κ2) is 5.25. The van der Waals surface area contributed by atoms with Crippen LogP contribution in [0.2, 0.25) is 0 Å². The molecule has 4 nitrogen and oxygen atoms in total. The summed E-state index contributed by atoms with van der Waals surface area (Å²) in [6.45, 7) is 6.84. The maximum Gasteiger partial charge on any atom is 0.132 e. The zero-order valence-corrected chi connectivity index (χ0v) is 12.0. The van der Waals surface area contributed by atoms with Gasteiger partial charge in [-0.1, -0.05) is 0 Å². The summed E-state index contributed by atoms with van der Waals surface area (Å²) in [5, 5.41) is 10.2. The Morgan fingerprint density at radius 2 is 2.00 bits per heavy atom. The summed E-state index contributed by atoms with van der Waals surface area (Å²) in [4.78, 5) is 7.16. The van der Waals surface area contributed by atoms with Gasteiger partial charge in [0.2, 0.25) is 0 Å². The number of hydrogen-bond acceptors (Lipinski definition) is 3. The molecule has 1 unspecified atom stereocenters. The van der Waals surface area contributed by atoms with Gasteiger partial charge in [0.25, 0.3) is 0 Å². The van der Waals surface area contributed by atoms with Crippen molar-refractivity contribution in [3.05, 3.63) is 17.7 Å². The molecule has 106 valence electrons. The van der Waals surface area contributed by atoms with E-state index in [2.05, 4.69) is 28.3 Å². The first-order valence-electron chi connectivity index (χ1n) is 7.65. The molecule has 4 heteroatoms. The van der Waals surface area contributed by atoms with Crippen LogP contribution in [-0.4, -0.2) is 38.7 Å². The van der Waals surface area contributed by atoms with Gasteiger partial charge in [-0.25, -0.2) is 4.98 Å². The van der Waals surface area contributed by atoms with Gasteiger partial charge < -0.3 is 14.6 Å². The fraction of sp³-hybridized carbons (Fsp3) is 0.800. The molecular weight excluding hydrogens is 238 g/mol. The lowest BCUT2D eigenvalue weighted by Crippen LogP contribution is -2.38. The van der Waals surface area contributed by atoms with Crippen LogP contribution in [0.25, 0.3) is 0 Å². The largest absolute Gasteiger partial charge is 0.373 e. The Bertz CT molecular complexity index is 433. The van der Waals surface area contributed by atoms with E-state index in [0.29, 0.717) is 12.0 Å². The van der Waals surface area contributed by atoms with Crippen LogP contribution >= 0.6 is 0 Å². The molecular formula is C15H25N3O. The van der Waals surface area contributed by atoms with Crippen molar-refractivity contribution in [1.29, 1.82) is 0 Å². The Hall–Kier alpha value is -0.870. The zero-order chi connectivity index (χ0) is 13.4. The van der Waals surface area contributed by atoms with Gasteiger partial charge in [0.15, 0.2) is 0 Å². The minimum Gasteiger partial charge on any atom is -0.373 e. The lowest BCUT2D eigenvalue weighted by molar-refractivity contribution is 0.0717. The second-order valence-corrected chi connectivity index (χ2v) is 6.25. The Labute approximate surface area is 115 Å². The Balaban J connectivity index is 1.76. The highest BCUT2D eigenvalue weighted by Crippen LogP contribution is 2.33. The minimum absolute atomic E-state index is 0.343. The highest BCUT2D eigenvalue weighted by molar-refractivity contribution is 5.13. The van der Waals surface area contributed by atoms with Gasteiger partial charge in [-0.2, -0.15) is 0 Å². The molecule has 1 atom stereocenters. The molecule has 1 N–H and O–H groups in total. The highest BCUT2D eigenvalue weighted by atomic mass is 16.3. The number of aromatic nitrogens is 2. The van der Waals surface area contributed by atoms with Gasteiger partial charge >= 0.3 is 0 Å². The van der Waals surface area contributed by atoms with Crippen LogP contribution in [0.3, 0.4) is 0 Å². The standard InChI is InChI=1S/C15H25N3O/c1-11(2)17-8-6-12(7-9-17)15-16-10-13-4-3-5-14(19)18(13)15/h10-12,14,19H,3-9H2,1-2H3. The van der Waals surface area contributed by atoms with E-state index in [1.807, 2.05) is 6.20 Å². The highest BCUT2D eigenvalue weighted by Gasteiger charge is 2.29. The van der Waals surface area contributed by atoms with E-state index in [9.17, 15) is 5.11 Å². The monoisotopic (exact) mass is 263 g/mol. The predicted molar refractivity (Wildman–Crippen MR) is 75.1 cm³/mol. The number of fused-ring (bicyclic) bond motifs is 1. The average molecular weight is 263 g/mol. The van der Waals surface area contributed by atoms with Gasteiger partial charge in [-0.05, 0) is 59.0 Å². The van der Waals surface area contributed by atoms with Crippen molar-refractivity contribution in [2.75, 3.05) is 13.1 Å². The lowest BCUT2D eigenvalue weighted by Gasteiger charge is -2.35. The molecule has 0 radical (unpaired) electrons. The Kier molecular flexibility index (Phi) is 3.63. The quantitative estimate of drug-likeness (QED) is 0.890. The second-order valence-electron chi connectivity index (χ2n) is 6.25. The number of aryl methyl sites for hydroxylation is 1. The van der Waals surface area contributed by atoms with Crippen molar-refractivity contribution in [3.63, 3.8) is 0 Å². The maximum atomic E-state index is 10.2. The molecule has 0 spiro atoms. The minimum atomic E-state index is -0.343. The number of hydrogen-bond donors (Lipinski definition) is 1. The van der Waals surface area contributed by atoms with Gasteiger partial charge in [0.05, 0.1) is 0 Å². The van der Waals surface area contributed by atoms with Gasteiger partial charge in [-0.15, -0.1) is 0 Å². The molecule has 3 heterocycles. The molecule has 19 heavy (non-hydrogen) atoms. The van der Waals surface area contributed by atoms with Crippen LogP contribution in [0, 0.1) is 0 Å². The molecule has 0 amide bonds. The average Bonchev–Trinajstić information content (AvgIpc) is 2.84. The van der Waals surface area contributed by atoms with Crippen molar-refractivity contribution in [1.82, 2.24) is 14.5 Å². The van der Waals surface area contributed by atoms with Crippen molar-refractivity contribution < 1.29 is 5.11 Å². The fourth-order valence-corrected chi connectivity index (χ4v) is 3.51. The molecule has 2 aliphatic heterocycles. The molecule has 2 aliphatic rings. The molecule has 1 fully saturated rings.